The third kappa shape index (κ3) is 3.00. The van der Waals surface area contributed by atoms with Gasteiger partial charge in [0.2, 0.25) is 0 Å². The molecule has 0 aliphatic carbocycles. The van der Waals surface area contributed by atoms with E-state index in [1.807, 2.05) is 18.4 Å². The summed E-state index contributed by atoms with van der Waals surface area (Å²) in [5, 5.41) is 9.39. The van der Waals surface area contributed by atoms with Crippen LogP contribution in [0.1, 0.15) is 18.2 Å². The molecule has 4 nitrogen and oxygen atoms in total. The first-order chi connectivity index (χ1) is 8.72. The van der Waals surface area contributed by atoms with Gasteiger partial charge in [0.1, 0.15) is 4.47 Å². The molecule has 2 aromatic heterocycles. The Morgan fingerprint density at radius 3 is 3.06 bits per heavy atom. The average molecular weight is 328 g/mol. The van der Waals surface area contributed by atoms with Crippen LogP contribution in [0, 0.1) is 0 Å². The number of rotatable bonds is 5. The second kappa shape index (κ2) is 6.15. The molecule has 0 atom stereocenters. The molecule has 6 heteroatoms. The van der Waals surface area contributed by atoms with E-state index in [9.17, 15) is 4.79 Å². The summed E-state index contributed by atoms with van der Waals surface area (Å²) < 4.78 is 2.02. The number of halogens is 1. The lowest BCUT2D eigenvalue weighted by atomic mass is 10.4. The highest BCUT2D eigenvalue weighted by Gasteiger charge is 2.08. The Labute approximate surface area is 118 Å². The van der Waals surface area contributed by atoms with Crippen LogP contribution in [-0.2, 0) is 13.1 Å². The van der Waals surface area contributed by atoms with Crippen molar-refractivity contribution in [2.75, 3.05) is 5.32 Å². The zero-order valence-corrected chi connectivity index (χ0v) is 12.4. The Kier molecular flexibility index (Phi) is 4.54. The predicted molar refractivity (Wildman–Crippen MR) is 78.1 cm³/mol. The number of hydrogen-bond acceptors (Lipinski definition) is 4. The van der Waals surface area contributed by atoms with E-state index >= 15 is 0 Å². The van der Waals surface area contributed by atoms with Gasteiger partial charge in [-0.05, 0) is 33.8 Å². The monoisotopic (exact) mass is 327 g/mol. The van der Waals surface area contributed by atoms with Gasteiger partial charge in [-0.25, -0.2) is 4.68 Å². The van der Waals surface area contributed by atoms with E-state index in [0.29, 0.717) is 17.6 Å². The molecular formula is C12H14BrN3OS. The van der Waals surface area contributed by atoms with Crippen molar-refractivity contribution < 1.29 is 0 Å². The molecule has 0 saturated heterocycles. The first-order valence-corrected chi connectivity index (χ1v) is 7.41. The Bertz CT molecular complexity index is 565. The number of anilines is 1. The predicted octanol–water partition coefficient (Wildman–Crippen LogP) is 3.09. The van der Waals surface area contributed by atoms with Crippen LogP contribution in [-0.4, -0.2) is 9.78 Å². The maximum absolute atomic E-state index is 12.0. The third-order valence-electron chi connectivity index (χ3n) is 2.45. The molecule has 2 heterocycles. The van der Waals surface area contributed by atoms with E-state index < -0.39 is 0 Å². The van der Waals surface area contributed by atoms with Gasteiger partial charge < -0.3 is 5.32 Å². The van der Waals surface area contributed by atoms with Crippen LogP contribution in [0.15, 0.2) is 33.0 Å². The molecular weight excluding hydrogens is 314 g/mol. The minimum absolute atomic E-state index is 0.0898. The topological polar surface area (TPSA) is 46.9 Å². The van der Waals surface area contributed by atoms with Crippen LogP contribution in [0.2, 0.25) is 0 Å². The molecule has 2 rings (SSSR count). The molecule has 0 unspecified atom stereocenters. The van der Waals surface area contributed by atoms with Crippen molar-refractivity contribution >= 4 is 33.0 Å². The van der Waals surface area contributed by atoms with Gasteiger partial charge in [-0.1, -0.05) is 13.0 Å². The minimum atomic E-state index is -0.0898. The zero-order valence-electron chi connectivity index (χ0n) is 10.0. The van der Waals surface area contributed by atoms with Crippen LogP contribution < -0.4 is 10.9 Å². The molecule has 0 bridgehead atoms. The summed E-state index contributed by atoms with van der Waals surface area (Å²) in [5.41, 5.74) is 0.647. The second-order valence-electron chi connectivity index (χ2n) is 3.83. The van der Waals surface area contributed by atoms with Crippen molar-refractivity contribution in [1.29, 1.82) is 0 Å². The van der Waals surface area contributed by atoms with Gasteiger partial charge in [-0.3, -0.25) is 4.79 Å². The molecule has 0 spiro atoms. The Balaban J connectivity index is 2.14. The fourth-order valence-corrected chi connectivity index (χ4v) is 2.65. The van der Waals surface area contributed by atoms with Crippen molar-refractivity contribution in [2.45, 2.75) is 26.4 Å². The molecule has 0 radical (unpaired) electrons. The summed E-state index contributed by atoms with van der Waals surface area (Å²) in [5.74, 6) is 0. The first-order valence-electron chi connectivity index (χ1n) is 5.74. The van der Waals surface area contributed by atoms with Crippen LogP contribution >= 0.6 is 27.3 Å². The summed E-state index contributed by atoms with van der Waals surface area (Å²) >= 11 is 5.01. The Morgan fingerprint density at radius 1 is 1.56 bits per heavy atom. The Hall–Kier alpha value is -1.14. The van der Waals surface area contributed by atoms with Gasteiger partial charge in [0, 0.05) is 18.0 Å². The maximum atomic E-state index is 12.0. The quantitative estimate of drug-likeness (QED) is 0.917. The van der Waals surface area contributed by atoms with Crippen molar-refractivity contribution in [3.8, 4) is 0 Å². The molecule has 0 saturated carbocycles. The van der Waals surface area contributed by atoms with Gasteiger partial charge in [-0.2, -0.15) is 5.10 Å². The molecule has 0 aliphatic heterocycles. The van der Waals surface area contributed by atoms with Gasteiger partial charge in [0.15, 0.2) is 0 Å². The highest BCUT2D eigenvalue weighted by Crippen LogP contribution is 2.18. The highest BCUT2D eigenvalue weighted by molar-refractivity contribution is 9.10. The van der Waals surface area contributed by atoms with Gasteiger partial charge >= 0.3 is 0 Å². The number of hydrogen-bond donors (Lipinski definition) is 1. The van der Waals surface area contributed by atoms with Crippen molar-refractivity contribution in [3.05, 3.63) is 43.4 Å². The van der Waals surface area contributed by atoms with E-state index in [-0.39, 0.29) is 5.56 Å². The summed E-state index contributed by atoms with van der Waals surface area (Å²) in [6.45, 7) is 3.36. The van der Waals surface area contributed by atoms with Crippen LogP contribution in [0.4, 0.5) is 5.69 Å². The Morgan fingerprint density at radius 2 is 2.39 bits per heavy atom. The van der Waals surface area contributed by atoms with Crippen LogP contribution in [0.3, 0.4) is 0 Å². The lowest BCUT2D eigenvalue weighted by Gasteiger charge is -2.09. The van der Waals surface area contributed by atoms with E-state index in [1.54, 1.807) is 17.5 Å². The lowest BCUT2D eigenvalue weighted by Crippen LogP contribution is -2.24. The largest absolute Gasteiger partial charge is 0.378 e. The van der Waals surface area contributed by atoms with Crippen molar-refractivity contribution in [1.82, 2.24) is 9.78 Å². The third-order valence-corrected chi connectivity index (χ3v) is 4.10. The van der Waals surface area contributed by atoms with Gasteiger partial charge in [-0.15, -0.1) is 11.3 Å². The van der Waals surface area contributed by atoms with E-state index in [0.717, 1.165) is 12.1 Å². The molecule has 0 aromatic carbocycles. The molecule has 2 aromatic rings. The molecule has 96 valence electrons. The minimum Gasteiger partial charge on any atom is -0.378 e. The zero-order chi connectivity index (χ0) is 13.0. The number of thiophene rings is 1. The second-order valence-corrected chi connectivity index (χ2v) is 5.66. The van der Waals surface area contributed by atoms with E-state index in [4.69, 9.17) is 0 Å². The van der Waals surface area contributed by atoms with Crippen LogP contribution in [0.25, 0.3) is 0 Å². The molecule has 1 N–H and O–H groups in total. The van der Waals surface area contributed by atoms with Crippen molar-refractivity contribution in [2.24, 2.45) is 0 Å². The number of aryl methyl sites for hydroxylation is 1. The average Bonchev–Trinajstić information content (AvgIpc) is 2.87. The van der Waals surface area contributed by atoms with E-state index in [2.05, 4.69) is 32.4 Å². The maximum Gasteiger partial charge on any atom is 0.283 e. The van der Waals surface area contributed by atoms with Crippen LogP contribution in [0.5, 0.6) is 0 Å². The van der Waals surface area contributed by atoms with Gasteiger partial charge in [0.05, 0.1) is 11.9 Å². The highest BCUT2D eigenvalue weighted by atomic mass is 79.9. The van der Waals surface area contributed by atoms with E-state index in [1.165, 1.54) is 9.56 Å². The molecule has 0 fully saturated rings. The summed E-state index contributed by atoms with van der Waals surface area (Å²) in [7, 11) is 0. The molecule has 0 amide bonds. The lowest BCUT2D eigenvalue weighted by molar-refractivity contribution is 0.566. The standard InChI is InChI=1S/C12H14BrN3OS/c1-2-5-16-12(17)11(13)10(8-15-16)14-7-9-4-3-6-18-9/h3-4,6,8,14H,2,5,7H2,1H3. The number of nitrogens with one attached hydrogen (secondary N) is 1. The van der Waals surface area contributed by atoms with Crippen molar-refractivity contribution in [3.63, 3.8) is 0 Å². The smallest absolute Gasteiger partial charge is 0.283 e. The summed E-state index contributed by atoms with van der Waals surface area (Å²) in [4.78, 5) is 13.2. The normalized spacial score (nSPS) is 10.6. The molecule has 18 heavy (non-hydrogen) atoms. The summed E-state index contributed by atoms with van der Waals surface area (Å²) in [6, 6.07) is 4.06. The fourth-order valence-electron chi connectivity index (χ4n) is 1.55. The molecule has 0 aliphatic rings. The summed E-state index contributed by atoms with van der Waals surface area (Å²) in [6.07, 6.45) is 2.58. The SMILES string of the molecule is CCCn1ncc(NCc2cccs2)c(Br)c1=O. The number of aromatic nitrogens is 2. The van der Waals surface area contributed by atoms with Gasteiger partial charge in [0.25, 0.3) is 5.56 Å². The first kappa shape index (κ1) is 13.3. The number of nitrogens with zero attached hydrogens (tertiary/aromatic N) is 2. The fraction of sp³-hybridized carbons (Fsp3) is 0.333.